The van der Waals surface area contributed by atoms with Crippen molar-refractivity contribution in [1.29, 1.82) is 0 Å². The first-order valence-electron chi connectivity index (χ1n) is 24.9. The second kappa shape index (κ2) is 15.9. The zero-order chi connectivity index (χ0) is 47.5. The molecule has 2 nitrogen and oxygen atoms in total. The van der Waals surface area contributed by atoms with E-state index < -0.39 is 31.3 Å². The Labute approximate surface area is 429 Å². The fourth-order valence-corrected chi connectivity index (χ4v) is 16.5. The Morgan fingerprint density at radius 1 is 0.347 bits per heavy atom. The summed E-state index contributed by atoms with van der Waals surface area (Å²) >= 11 is -0.897. The summed E-state index contributed by atoms with van der Waals surface area (Å²) in [6.45, 7) is 0. The van der Waals surface area contributed by atoms with E-state index in [1.54, 1.807) is 0 Å². The van der Waals surface area contributed by atoms with E-state index in [2.05, 4.69) is 260 Å². The molecule has 337 valence electrons. The van der Waals surface area contributed by atoms with E-state index in [0.717, 1.165) is 22.6 Å². The average Bonchev–Trinajstić information content (AvgIpc) is 3.92. The van der Waals surface area contributed by atoms with Crippen LogP contribution in [-0.2, 0) is 10.8 Å². The summed E-state index contributed by atoms with van der Waals surface area (Å²) in [7, 11) is 0. The van der Waals surface area contributed by atoms with Crippen LogP contribution < -0.4 is 8.51 Å². The summed E-state index contributed by atoms with van der Waals surface area (Å²) < 4.78 is 2.52. The van der Waals surface area contributed by atoms with Crippen LogP contribution in [0.3, 0.4) is 0 Å². The molecule has 10 aromatic carbocycles. The number of hydrogen-bond acceptors (Lipinski definition) is 2. The van der Waals surface area contributed by atoms with Gasteiger partial charge in [0.15, 0.2) is 0 Å². The van der Waals surface area contributed by atoms with Crippen LogP contribution in [0.2, 0.25) is 0 Å². The van der Waals surface area contributed by atoms with Crippen molar-refractivity contribution in [2.24, 2.45) is 5.92 Å². The third-order valence-corrected chi connectivity index (χ3v) is 19.5. The zero-order valence-corrected chi connectivity index (χ0v) is 41.5. The number of allylic oxidation sites excluding steroid dienone is 4. The van der Waals surface area contributed by atoms with Crippen molar-refractivity contribution in [1.82, 2.24) is 0 Å². The molecule has 1 unspecified atom stereocenters. The molecule has 72 heavy (non-hydrogen) atoms. The summed E-state index contributed by atoms with van der Waals surface area (Å²) in [5.41, 5.74) is 22.5. The van der Waals surface area contributed by atoms with E-state index in [1.807, 2.05) is 6.07 Å². The first-order chi connectivity index (χ1) is 35.6. The molecule has 1 heterocycles. The minimum atomic E-state index is -0.897. The molecule has 0 N–H and O–H groups in total. The van der Waals surface area contributed by atoms with Crippen LogP contribution in [0.5, 0.6) is 0 Å². The number of ketones is 1. The van der Waals surface area contributed by atoms with Gasteiger partial charge in [-0.15, -0.1) is 0 Å². The van der Waals surface area contributed by atoms with Gasteiger partial charge in [-0.25, -0.2) is 0 Å². The van der Waals surface area contributed by atoms with Gasteiger partial charge in [0.25, 0.3) is 0 Å². The maximum absolute atomic E-state index is 15.1. The van der Waals surface area contributed by atoms with E-state index in [4.69, 9.17) is 0 Å². The number of benzene rings is 10. The Kier molecular flexibility index (Phi) is 9.19. The number of fused-ring (bicyclic) bond motifs is 18. The molecule has 0 saturated heterocycles. The van der Waals surface area contributed by atoms with Gasteiger partial charge in [0, 0.05) is 0 Å². The average molecular weight is 1030 g/mol. The molecule has 0 bridgehead atoms. The predicted molar refractivity (Wildman–Crippen MR) is 296 cm³/mol. The normalized spacial score (nSPS) is 16.4. The van der Waals surface area contributed by atoms with Crippen LogP contribution in [-0.4, -0.2) is 29.8 Å². The summed E-state index contributed by atoms with van der Waals surface area (Å²) in [6, 6.07) is 91.6. The fraction of sp³-hybridized carbons (Fsp3) is 0.0435. The molecule has 0 aromatic heterocycles. The van der Waals surface area contributed by atoms with Crippen molar-refractivity contribution < 1.29 is 4.79 Å². The first kappa shape index (κ1) is 41.6. The number of hydrogen-bond donors (Lipinski definition) is 0. The van der Waals surface area contributed by atoms with Gasteiger partial charge in [-0.2, -0.15) is 0 Å². The molecular weight excluding hydrogens is 986 g/mol. The summed E-state index contributed by atoms with van der Waals surface area (Å²) in [6.07, 6.45) is 5.00. The number of nitrogens with zero attached hydrogens (tertiary/aromatic N) is 1. The maximum atomic E-state index is 15.1. The fourth-order valence-electron chi connectivity index (χ4n) is 13.2. The van der Waals surface area contributed by atoms with Crippen molar-refractivity contribution in [3.8, 4) is 44.5 Å². The molecule has 3 heteroatoms. The molecular formula is C69H44NOTe. The standard InChI is InChI=1S/C69H44NOTe/c71-67-55-25-11-16-30-65(55)72-66-43-64-63(42-56(66)67)68(57-26-12-7-21-51(57)52-22-8-13-27-58(52)68)61-40-39-50(41-62(61)69(64)59-28-14-9-23-53(59)54-24-10-15-29-60(54)69)70(48-35-31-46(32-36-48)44-17-3-1-4-18-44)49-37-33-47(34-38-49)45-19-5-2-6-20-45/h1-43,56H. The number of carbonyl (C=O) groups is 1. The Hall–Kier alpha value is -8.19. The topological polar surface area (TPSA) is 20.3 Å². The number of Topliss-reactive ketones (excluding diaryl/α,β-unsaturated/α-hetero) is 1. The Morgan fingerprint density at radius 3 is 1.25 bits per heavy atom. The third-order valence-electron chi connectivity index (χ3n) is 16.1. The first-order valence-corrected chi connectivity index (χ1v) is 27.2. The molecule has 15 rings (SSSR count). The molecule has 4 aliphatic carbocycles. The van der Waals surface area contributed by atoms with Crippen molar-refractivity contribution in [3.63, 3.8) is 0 Å². The van der Waals surface area contributed by atoms with Crippen LogP contribution >= 0.6 is 0 Å². The number of anilines is 3. The Morgan fingerprint density at radius 2 is 0.750 bits per heavy atom. The minimum absolute atomic E-state index is 0.212. The predicted octanol–water partition coefficient (Wildman–Crippen LogP) is 15.0. The monoisotopic (exact) mass is 1030 g/mol. The molecule has 2 spiro atoms. The number of carbonyl (C=O) groups excluding carboxylic acids is 1. The van der Waals surface area contributed by atoms with Gasteiger partial charge in [0.05, 0.1) is 0 Å². The van der Waals surface area contributed by atoms with E-state index in [0.29, 0.717) is 0 Å². The summed E-state index contributed by atoms with van der Waals surface area (Å²) in [5.74, 6) is -0.111. The van der Waals surface area contributed by atoms with E-state index in [1.165, 1.54) is 96.2 Å². The molecule has 1 atom stereocenters. The second-order valence-electron chi connectivity index (χ2n) is 19.6. The molecule has 1 radical (unpaired) electrons. The van der Waals surface area contributed by atoms with Crippen LogP contribution in [0.25, 0.3) is 44.5 Å². The zero-order valence-electron chi connectivity index (χ0n) is 39.2. The van der Waals surface area contributed by atoms with Gasteiger partial charge >= 0.3 is 361 Å². The number of rotatable bonds is 5. The van der Waals surface area contributed by atoms with Crippen LogP contribution in [0.15, 0.2) is 272 Å². The second-order valence-corrected chi connectivity index (χ2v) is 22.7. The van der Waals surface area contributed by atoms with Crippen molar-refractivity contribution >= 4 is 50.5 Å². The summed E-state index contributed by atoms with van der Waals surface area (Å²) in [4.78, 5) is 17.5. The quantitative estimate of drug-likeness (QED) is 0.160. The molecule has 10 aromatic rings. The van der Waals surface area contributed by atoms with Crippen molar-refractivity contribution in [2.45, 2.75) is 10.8 Å². The van der Waals surface area contributed by atoms with Gasteiger partial charge in [-0.3, -0.25) is 0 Å². The van der Waals surface area contributed by atoms with Gasteiger partial charge in [-0.1, -0.05) is 60.7 Å². The van der Waals surface area contributed by atoms with Crippen molar-refractivity contribution in [3.05, 3.63) is 311 Å². The van der Waals surface area contributed by atoms with Gasteiger partial charge in [0.2, 0.25) is 0 Å². The van der Waals surface area contributed by atoms with Gasteiger partial charge in [0.1, 0.15) is 0 Å². The molecule has 0 saturated carbocycles. The van der Waals surface area contributed by atoms with Gasteiger partial charge in [-0.05, 0) is 11.1 Å². The van der Waals surface area contributed by atoms with Crippen molar-refractivity contribution in [2.75, 3.05) is 4.90 Å². The van der Waals surface area contributed by atoms with Crippen LogP contribution in [0.1, 0.15) is 43.7 Å². The van der Waals surface area contributed by atoms with Crippen LogP contribution in [0, 0.1) is 5.92 Å². The molecule has 0 amide bonds. The molecule has 5 aliphatic rings. The molecule has 0 fully saturated rings. The van der Waals surface area contributed by atoms with Gasteiger partial charge < -0.3 is 0 Å². The molecule has 1 aliphatic heterocycles. The SMILES string of the molecule is O=C1c2ccccc2[Te]=C2C=C3C(=CC12)C1(c2ccccc2-c2ccccc21)c1ccc(N(c2ccc(-c4ccccc4)cc2)c2ccc(-c4ccccc4)cc2)cc1C31c2ccccc2-c2ccccc21. The Bertz CT molecular complexity index is 3820. The van der Waals surface area contributed by atoms with E-state index in [9.17, 15) is 0 Å². The van der Waals surface area contributed by atoms with E-state index >= 15 is 4.79 Å². The summed E-state index contributed by atoms with van der Waals surface area (Å²) in [5, 5.41) is 0. The van der Waals surface area contributed by atoms with Crippen LogP contribution in [0.4, 0.5) is 17.1 Å². The third kappa shape index (κ3) is 5.72. The van der Waals surface area contributed by atoms with E-state index in [-0.39, 0.29) is 11.7 Å². The Balaban J connectivity index is 1.06.